The molecular weight excluding hydrogens is 348 g/mol. The molecule has 5 heteroatoms. The number of ether oxygens (including phenoxy) is 1. The lowest BCUT2D eigenvalue weighted by Crippen LogP contribution is -2.36. The first-order valence-corrected chi connectivity index (χ1v) is 8.56. The molecule has 1 atom stereocenters. The molecule has 0 bridgehead atoms. The fraction of sp³-hybridized carbons (Fsp3) is 0.136. The van der Waals surface area contributed by atoms with Crippen molar-refractivity contribution in [2.45, 2.75) is 13.0 Å². The van der Waals surface area contributed by atoms with Crippen LogP contribution in [0.2, 0.25) is 0 Å². The molecule has 1 amide bonds. The van der Waals surface area contributed by atoms with Gasteiger partial charge in [-0.1, -0.05) is 6.07 Å². The fourth-order valence-corrected chi connectivity index (χ4v) is 3.56. The van der Waals surface area contributed by atoms with E-state index in [1.54, 1.807) is 43.5 Å². The van der Waals surface area contributed by atoms with E-state index in [9.17, 15) is 13.6 Å². The van der Waals surface area contributed by atoms with E-state index in [0.717, 1.165) is 5.56 Å². The Morgan fingerprint density at radius 1 is 0.926 bits per heavy atom. The highest BCUT2D eigenvalue weighted by atomic mass is 19.1. The highest BCUT2D eigenvalue weighted by molar-refractivity contribution is 6.10. The summed E-state index contributed by atoms with van der Waals surface area (Å²) in [5, 5.41) is 0. The highest BCUT2D eigenvalue weighted by Gasteiger charge is 2.33. The van der Waals surface area contributed by atoms with Crippen LogP contribution in [-0.4, -0.2) is 13.0 Å². The van der Waals surface area contributed by atoms with Gasteiger partial charge >= 0.3 is 0 Å². The van der Waals surface area contributed by atoms with Crippen molar-refractivity contribution < 1.29 is 18.3 Å². The van der Waals surface area contributed by atoms with Gasteiger partial charge in [-0.25, -0.2) is 8.78 Å². The highest BCUT2D eigenvalue weighted by Crippen LogP contribution is 2.45. The zero-order chi connectivity index (χ0) is 19.1. The third kappa shape index (κ3) is 2.85. The van der Waals surface area contributed by atoms with E-state index >= 15 is 0 Å². The number of fused-ring (bicyclic) bond motifs is 3. The van der Waals surface area contributed by atoms with Crippen molar-refractivity contribution in [3.05, 3.63) is 83.4 Å². The zero-order valence-corrected chi connectivity index (χ0v) is 14.9. The molecule has 136 valence electrons. The monoisotopic (exact) mass is 365 g/mol. The molecule has 4 rings (SSSR count). The molecule has 1 unspecified atom stereocenters. The van der Waals surface area contributed by atoms with E-state index in [0.29, 0.717) is 28.1 Å². The first-order valence-electron chi connectivity index (χ1n) is 8.56. The summed E-state index contributed by atoms with van der Waals surface area (Å²) in [5.41, 5.74) is 3.11. The molecule has 3 aromatic rings. The summed E-state index contributed by atoms with van der Waals surface area (Å²) in [4.78, 5) is 14.8. The number of carbonyl (C=O) groups excluding carboxylic acids is 1. The Balaban J connectivity index is 1.87. The van der Waals surface area contributed by atoms with E-state index in [-0.39, 0.29) is 11.7 Å². The van der Waals surface area contributed by atoms with Crippen LogP contribution in [0.1, 0.15) is 28.9 Å². The Morgan fingerprint density at radius 3 is 2.22 bits per heavy atom. The summed E-state index contributed by atoms with van der Waals surface area (Å²) in [6, 6.07) is 15.1. The van der Waals surface area contributed by atoms with Gasteiger partial charge in [-0.2, -0.15) is 0 Å². The lowest BCUT2D eigenvalue weighted by molar-refractivity contribution is 0.0977. The van der Waals surface area contributed by atoms with Gasteiger partial charge in [0.25, 0.3) is 5.91 Å². The maximum absolute atomic E-state index is 14.0. The number of hydrogen-bond donors (Lipinski definition) is 0. The number of methoxy groups -OCH3 is 1. The molecule has 27 heavy (non-hydrogen) atoms. The van der Waals surface area contributed by atoms with Gasteiger partial charge in [0.05, 0.1) is 18.8 Å². The lowest BCUT2D eigenvalue weighted by Gasteiger charge is -2.37. The molecule has 0 spiro atoms. The number of nitrogens with zero attached hydrogens (tertiary/aromatic N) is 1. The van der Waals surface area contributed by atoms with E-state index < -0.39 is 11.9 Å². The molecule has 0 N–H and O–H groups in total. The van der Waals surface area contributed by atoms with Gasteiger partial charge in [-0.05, 0) is 72.6 Å². The van der Waals surface area contributed by atoms with Crippen LogP contribution in [0.25, 0.3) is 11.1 Å². The van der Waals surface area contributed by atoms with Gasteiger partial charge in [-0.15, -0.1) is 0 Å². The normalized spacial score (nSPS) is 15.1. The van der Waals surface area contributed by atoms with Crippen molar-refractivity contribution in [3.63, 3.8) is 0 Å². The van der Waals surface area contributed by atoms with Crippen LogP contribution in [0, 0.1) is 11.6 Å². The minimum atomic E-state index is -0.445. The first kappa shape index (κ1) is 17.2. The van der Waals surface area contributed by atoms with Crippen molar-refractivity contribution in [3.8, 4) is 16.9 Å². The maximum atomic E-state index is 14.0. The van der Waals surface area contributed by atoms with Crippen molar-refractivity contribution in [2.75, 3.05) is 12.0 Å². The average Bonchev–Trinajstić information content (AvgIpc) is 2.68. The molecule has 1 heterocycles. The van der Waals surface area contributed by atoms with Crippen LogP contribution in [-0.2, 0) is 0 Å². The van der Waals surface area contributed by atoms with Crippen LogP contribution in [0.4, 0.5) is 14.5 Å². The molecule has 0 aliphatic carbocycles. The van der Waals surface area contributed by atoms with Gasteiger partial charge in [0, 0.05) is 11.1 Å². The van der Waals surface area contributed by atoms with Gasteiger partial charge in [0.2, 0.25) is 0 Å². The standard InChI is InChI=1S/C22H17F2NO2/c1-13-20-11-15(23)5-9-18(20)19-10-6-16(24)12-21(19)25(13)22(26)14-3-7-17(27-2)8-4-14/h3-13H,1-2H3. The molecule has 3 aromatic carbocycles. The predicted octanol–water partition coefficient (Wildman–Crippen LogP) is 5.36. The van der Waals surface area contributed by atoms with Gasteiger partial charge < -0.3 is 9.64 Å². The van der Waals surface area contributed by atoms with Gasteiger partial charge in [0.1, 0.15) is 17.4 Å². The summed E-state index contributed by atoms with van der Waals surface area (Å²) < 4.78 is 33.0. The van der Waals surface area contributed by atoms with Gasteiger partial charge in [0.15, 0.2) is 0 Å². The number of anilines is 1. The number of carbonyl (C=O) groups is 1. The van der Waals surface area contributed by atoms with Crippen LogP contribution < -0.4 is 9.64 Å². The summed E-state index contributed by atoms with van der Waals surface area (Å²) in [5.74, 6) is -0.453. The number of halogens is 2. The summed E-state index contributed by atoms with van der Waals surface area (Å²) >= 11 is 0. The Morgan fingerprint density at radius 2 is 1.56 bits per heavy atom. The third-order valence-electron chi connectivity index (χ3n) is 4.92. The molecule has 0 saturated heterocycles. The zero-order valence-electron chi connectivity index (χ0n) is 14.9. The van der Waals surface area contributed by atoms with Crippen molar-refractivity contribution in [2.24, 2.45) is 0 Å². The van der Waals surface area contributed by atoms with Crippen molar-refractivity contribution >= 4 is 11.6 Å². The Hall–Kier alpha value is -3.21. The molecule has 0 aromatic heterocycles. The third-order valence-corrected chi connectivity index (χ3v) is 4.92. The molecular formula is C22H17F2NO2. The summed E-state index contributed by atoms with van der Waals surface area (Å²) in [7, 11) is 1.55. The van der Waals surface area contributed by atoms with E-state index in [2.05, 4.69) is 0 Å². The number of benzene rings is 3. The second-order valence-electron chi connectivity index (χ2n) is 6.47. The lowest BCUT2D eigenvalue weighted by atomic mass is 9.88. The Bertz CT molecular complexity index is 1030. The summed E-state index contributed by atoms with van der Waals surface area (Å²) in [6.45, 7) is 1.81. The van der Waals surface area contributed by atoms with E-state index in [1.165, 1.54) is 29.2 Å². The largest absolute Gasteiger partial charge is 0.497 e. The Kier molecular flexibility index (Phi) is 4.15. The molecule has 3 nitrogen and oxygen atoms in total. The van der Waals surface area contributed by atoms with Crippen molar-refractivity contribution in [1.82, 2.24) is 0 Å². The average molecular weight is 365 g/mol. The predicted molar refractivity (Wildman–Crippen MR) is 100 cm³/mol. The van der Waals surface area contributed by atoms with E-state index in [4.69, 9.17) is 4.74 Å². The SMILES string of the molecule is COc1ccc(C(=O)N2c3cc(F)ccc3-c3ccc(F)cc3C2C)cc1. The minimum absolute atomic E-state index is 0.285. The molecule has 1 aliphatic heterocycles. The summed E-state index contributed by atoms with van der Waals surface area (Å²) in [6.07, 6.45) is 0. The maximum Gasteiger partial charge on any atom is 0.258 e. The second kappa shape index (κ2) is 6.50. The van der Waals surface area contributed by atoms with Crippen LogP contribution in [0.5, 0.6) is 5.75 Å². The molecule has 0 fully saturated rings. The van der Waals surface area contributed by atoms with Crippen LogP contribution in [0.3, 0.4) is 0 Å². The topological polar surface area (TPSA) is 29.5 Å². The molecule has 1 aliphatic rings. The van der Waals surface area contributed by atoms with Gasteiger partial charge in [-0.3, -0.25) is 4.79 Å². The molecule has 0 saturated carbocycles. The second-order valence-corrected chi connectivity index (χ2v) is 6.47. The smallest absolute Gasteiger partial charge is 0.258 e. The van der Waals surface area contributed by atoms with Crippen molar-refractivity contribution in [1.29, 1.82) is 0 Å². The quantitative estimate of drug-likeness (QED) is 0.612. The fourth-order valence-electron chi connectivity index (χ4n) is 3.56. The Labute approximate surface area is 155 Å². The molecule has 0 radical (unpaired) electrons. The number of amides is 1. The first-order chi connectivity index (χ1) is 13.0. The minimum Gasteiger partial charge on any atom is -0.497 e. The van der Waals surface area contributed by atoms with Crippen LogP contribution >= 0.6 is 0 Å². The number of rotatable bonds is 2. The van der Waals surface area contributed by atoms with E-state index in [1.807, 2.05) is 6.92 Å². The van der Waals surface area contributed by atoms with Crippen LogP contribution in [0.15, 0.2) is 60.7 Å². The number of hydrogen-bond acceptors (Lipinski definition) is 2.